The summed E-state index contributed by atoms with van der Waals surface area (Å²) in [6, 6.07) is 0. The summed E-state index contributed by atoms with van der Waals surface area (Å²) in [6.07, 6.45) is 7.20. The monoisotopic (exact) mass is 406 g/mol. The Kier molecular flexibility index (Phi) is 7.32. The summed E-state index contributed by atoms with van der Waals surface area (Å²) >= 11 is 0. The van der Waals surface area contributed by atoms with E-state index in [-0.39, 0.29) is 36.0 Å². The molecule has 4 nitrogen and oxygen atoms in total. The lowest BCUT2D eigenvalue weighted by atomic mass is 9.75. The van der Waals surface area contributed by atoms with Gasteiger partial charge in [-0.2, -0.15) is 0 Å². The zero-order chi connectivity index (χ0) is 21.3. The van der Waals surface area contributed by atoms with Crippen molar-refractivity contribution in [2.24, 2.45) is 47.3 Å². The lowest BCUT2D eigenvalue weighted by Crippen LogP contribution is -2.37. The maximum Gasteiger partial charge on any atom is 0.310 e. The van der Waals surface area contributed by atoms with Gasteiger partial charge in [-0.05, 0) is 67.6 Å². The van der Waals surface area contributed by atoms with Gasteiger partial charge in [-0.25, -0.2) is 0 Å². The van der Waals surface area contributed by atoms with Crippen LogP contribution in [0, 0.1) is 47.3 Å². The van der Waals surface area contributed by atoms with Gasteiger partial charge in [-0.1, -0.05) is 54.4 Å². The molecule has 0 aliphatic heterocycles. The molecule has 3 saturated carbocycles. The Morgan fingerprint density at radius 2 is 1.03 bits per heavy atom. The van der Waals surface area contributed by atoms with Crippen molar-refractivity contribution in [3.8, 4) is 0 Å². The number of ether oxygens (including phenoxy) is 2. The second kappa shape index (κ2) is 9.39. The van der Waals surface area contributed by atoms with E-state index in [2.05, 4.69) is 41.5 Å². The van der Waals surface area contributed by atoms with Crippen LogP contribution in [-0.2, 0) is 19.1 Å². The lowest BCUT2D eigenvalue weighted by Gasteiger charge is -2.37. The number of hydrogen-bond donors (Lipinski definition) is 0. The molecule has 0 aromatic carbocycles. The Balaban J connectivity index is 1.52. The van der Waals surface area contributed by atoms with E-state index in [4.69, 9.17) is 9.47 Å². The molecule has 166 valence electrons. The highest BCUT2D eigenvalue weighted by Gasteiger charge is 2.52. The van der Waals surface area contributed by atoms with Crippen LogP contribution in [0.1, 0.15) is 86.5 Å². The minimum atomic E-state index is -0.286. The van der Waals surface area contributed by atoms with Crippen molar-refractivity contribution in [3.05, 3.63) is 0 Å². The Morgan fingerprint density at radius 1 is 0.655 bits per heavy atom. The van der Waals surface area contributed by atoms with Crippen LogP contribution >= 0.6 is 0 Å². The van der Waals surface area contributed by atoms with Crippen molar-refractivity contribution >= 4 is 11.9 Å². The van der Waals surface area contributed by atoms with E-state index < -0.39 is 0 Å². The molecule has 29 heavy (non-hydrogen) atoms. The topological polar surface area (TPSA) is 52.6 Å². The highest BCUT2D eigenvalue weighted by atomic mass is 16.6. The average Bonchev–Trinajstić information content (AvgIpc) is 3.42. The predicted octanol–water partition coefficient (Wildman–Crippen LogP) is 5.63. The Morgan fingerprint density at radius 3 is 1.38 bits per heavy atom. The second-order valence-electron chi connectivity index (χ2n) is 11.1. The molecule has 3 aliphatic carbocycles. The molecule has 8 atom stereocenters. The Labute approximate surface area is 177 Å². The molecule has 0 aromatic rings. The van der Waals surface area contributed by atoms with E-state index in [0.717, 1.165) is 25.7 Å². The van der Waals surface area contributed by atoms with Crippen LogP contribution in [0.2, 0.25) is 0 Å². The van der Waals surface area contributed by atoms with Crippen LogP contribution in [0.3, 0.4) is 0 Å². The van der Waals surface area contributed by atoms with Crippen molar-refractivity contribution in [2.45, 2.75) is 98.7 Å². The normalized spacial score (nSPS) is 40.0. The van der Waals surface area contributed by atoms with Gasteiger partial charge in [0.05, 0.1) is 11.8 Å². The highest BCUT2D eigenvalue weighted by molar-refractivity contribution is 5.87. The van der Waals surface area contributed by atoms with Gasteiger partial charge in [0.2, 0.25) is 0 Å². The molecule has 0 bridgehead atoms. The molecule has 0 saturated heterocycles. The number of esters is 2. The first-order valence-corrected chi connectivity index (χ1v) is 12.1. The molecule has 3 fully saturated rings. The van der Waals surface area contributed by atoms with E-state index in [1.165, 1.54) is 12.8 Å². The fourth-order valence-electron chi connectivity index (χ4n) is 5.69. The zero-order valence-corrected chi connectivity index (χ0v) is 19.4. The maximum absolute atomic E-state index is 12.8. The van der Waals surface area contributed by atoms with E-state index in [0.29, 0.717) is 41.9 Å². The third-order valence-corrected chi connectivity index (χ3v) is 7.85. The molecule has 3 aliphatic rings. The molecule has 5 unspecified atom stereocenters. The van der Waals surface area contributed by atoms with Gasteiger partial charge in [-0.15, -0.1) is 0 Å². The summed E-state index contributed by atoms with van der Waals surface area (Å²) in [5.74, 6) is 2.20. The molecular formula is C25H42O4. The summed E-state index contributed by atoms with van der Waals surface area (Å²) in [5.41, 5.74) is 0. The summed E-state index contributed by atoms with van der Waals surface area (Å²) < 4.78 is 11.9. The third-order valence-electron chi connectivity index (χ3n) is 7.85. The molecule has 0 radical (unpaired) electrons. The minimum absolute atomic E-state index is 0.00744. The SMILES string of the molecule is CC1CCC(C(C)C)C(OC(=O)[C@H]2C[C@@H]2C(=O)OC2C[C@H](C)CCC2C(C)C)C1. The van der Waals surface area contributed by atoms with Crippen LogP contribution in [0.4, 0.5) is 0 Å². The first-order chi connectivity index (χ1) is 13.7. The largest absolute Gasteiger partial charge is 0.462 e. The van der Waals surface area contributed by atoms with E-state index in [9.17, 15) is 9.59 Å². The first-order valence-electron chi connectivity index (χ1n) is 12.1. The van der Waals surface area contributed by atoms with Crippen LogP contribution in [-0.4, -0.2) is 24.1 Å². The second-order valence-corrected chi connectivity index (χ2v) is 11.1. The molecule has 0 N–H and O–H groups in total. The molecule has 3 rings (SSSR count). The summed E-state index contributed by atoms with van der Waals surface area (Å²) in [7, 11) is 0. The lowest BCUT2D eigenvalue weighted by molar-refractivity contribution is -0.164. The molecule has 0 amide bonds. The summed E-state index contributed by atoms with van der Waals surface area (Å²) in [5, 5.41) is 0. The maximum atomic E-state index is 12.8. The summed E-state index contributed by atoms with van der Waals surface area (Å²) in [4.78, 5) is 25.5. The van der Waals surface area contributed by atoms with E-state index >= 15 is 0 Å². The zero-order valence-electron chi connectivity index (χ0n) is 19.4. The Bertz CT molecular complexity index is 533. The van der Waals surface area contributed by atoms with Crippen LogP contribution in [0.25, 0.3) is 0 Å². The first kappa shape index (κ1) is 22.6. The van der Waals surface area contributed by atoms with Gasteiger partial charge >= 0.3 is 11.9 Å². The van der Waals surface area contributed by atoms with Gasteiger partial charge in [0.15, 0.2) is 0 Å². The van der Waals surface area contributed by atoms with Gasteiger partial charge < -0.3 is 9.47 Å². The quantitative estimate of drug-likeness (QED) is 0.536. The number of carbonyl (C=O) groups excluding carboxylic acids is 2. The fraction of sp³-hybridized carbons (Fsp3) is 0.920. The number of rotatable bonds is 6. The van der Waals surface area contributed by atoms with Gasteiger partial charge in [0, 0.05) is 0 Å². The highest BCUT2D eigenvalue weighted by Crippen LogP contribution is 2.44. The minimum Gasteiger partial charge on any atom is -0.462 e. The average molecular weight is 407 g/mol. The molecular weight excluding hydrogens is 364 g/mol. The number of carbonyl (C=O) groups is 2. The molecule has 4 heteroatoms. The van der Waals surface area contributed by atoms with Gasteiger partial charge in [0.1, 0.15) is 12.2 Å². The van der Waals surface area contributed by atoms with E-state index in [1.807, 2.05) is 0 Å². The van der Waals surface area contributed by atoms with Gasteiger partial charge in [-0.3, -0.25) is 9.59 Å². The third kappa shape index (κ3) is 5.55. The van der Waals surface area contributed by atoms with Crippen molar-refractivity contribution in [1.82, 2.24) is 0 Å². The van der Waals surface area contributed by atoms with Crippen molar-refractivity contribution < 1.29 is 19.1 Å². The summed E-state index contributed by atoms with van der Waals surface area (Å²) in [6.45, 7) is 13.4. The predicted molar refractivity (Wildman–Crippen MR) is 114 cm³/mol. The fourth-order valence-corrected chi connectivity index (χ4v) is 5.69. The van der Waals surface area contributed by atoms with Crippen molar-refractivity contribution in [1.29, 1.82) is 0 Å². The van der Waals surface area contributed by atoms with E-state index in [1.54, 1.807) is 0 Å². The molecule has 0 aromatic heterocycles. The Hall–Kier alpha value is -1.06. The van der Waals surface area contributed by atoms with Crippen LogP contribution in [0.5, 0.6) is 0 Å². The van der Waals surface area contributed by atoms with Crippen LogP contribution in [0.15, 0.2) is 0 Å². The molecule has 0 spiro atoms. The van der Waals surface area contributed by atoms with Gasteiger partial charge in [0.25, 0.3) is 0 Å². The van der Waals surface area contributed by atoms with Crippen LogP contribution < -0.4 is 0 Å². The standard InChI is InChI=1S/C25H42O4/c1-14(2)18-9-7-16(5)11-22(18)28-24(26)20-13-21(20)25(27)29-23-12-17(6)8-10-19(23)15(3)4/h14-23H,7-13H2,1-6H3/t16-,17?,18?,19?,20+,21+,22?,23?/m1/s1. The smallest absolute Gasteiger partial charge is 0.310 e. The number of hydrogen-bond acceptors (Lipinski definition) is 4. The van der Waals surface area contributed by atoms with Crippen molar-refractivity contribution in [2.75, 3.05) is 0 Å². The van der Waals surface area contributed by atoms with Crippen molar-refractivity contribution in [3.63, 3.8) is 0 Å². The molecule has 0 heterocycles.